The fourth-order valence-electron chi connectivity index (χ4n) is 4.71. The Labute approximate surface area is 174 Å². The van der Waals surface area contributed by atoms with E-state index in [0.717, 1.165) is 0 Å². The molecule has 2 N–H and O–H groups in total. The third-order valence-corrected chi connectivity index (χ3v) is 5.89. The van der Waals surface area contributed by atoms with Crippen LogP contribution >= 0.6 is 0 Å². The van der Waals surface area contributed by atoms with Gasteiger partial charge in [-0.05, 0) is 30.7 Å². The average molecular weight is 409 g/mol. The molecule has 1 spiro atoms. The summed E-state index contributed by atoms with van der Waals surface area (Å²) in [4.78, 5) is 25.0. The van der Waals surface area contributed by atoms with E-state index in [1.54, 1.807) is 48.5 Å². The Morgan fingerprint density at radius 3 is 2.73 bits per heavy atom. The summed E-state index contributed by atoms with van der Waals surface area (Å²) in [5, 5.41) is 18.4. The highest BCUT2D eigenvalue weighted by Gasteiger charge is 2.67. The van der Waals surface area contributed by atoms with Gasteiger partial charge in [0.2, 0.25) is 0 Å². The van der Waals surface area contributed by atoms with Crippen molar-refractivity contribution in [3.05, 3.63) is 76.4 Å². The highest BCUT2D eigenvalue weighted by atomic mass is 16.6. The standard InChI is InChI=1S/C22H23N3O5/c1-4-11-30-17-10-9-14(12-18(17)29-3)19-13(2)24-22(20(19)25(27)28)15-7-5-6-8-16(15)23-21(22)26/h4-10,12-13,19-20,24H,1,11H2,2-3H3,(H,23,26)/t13-,19-,20-,22-/m0/s1. The maximum atomic E-state index is 13.1. The number of rotatable bonds is 6. The molecule has 4 rings (SSSR count). The molecule has 0 radical (unpaired) electrons. The summed E-state index contributed by atoms with van der Waals surface area (Å²) in [6.07, 6.45) is 1.62. The first-order chi connectivity index (χ1) is 14.4. The van der Waals surface area contributed by atoms with Gasteiger partial charge in [-0.1, -0.05) is 36.9 Å². The number of ether oxygens (including phenoxy) is 2. The molecule has 1 amide bonds. The first-order valence-electron chi connectivity index (χ1n) is 9.67. The zero-order valence-electron chi connectivity index (χ0n) is 16.8. The number of hydrogen-bond donors (Lipinski definition) is 2. The lowest BCUT2D eigenvalue weighted by Crippen LogP contribution is -2.54. The van der Waals surface area contributed by atoms with E-state index in [-0.39, 0.29) is 11.0 Å². The number of anilines is 1. The fourth-order valence-corrected chi connectivity index (χ4v) is 4.71. The zero-order valence-corrected chi connectivity index (χ0v) is 16.8. The molecule has 156 valence electrons. The molecule has 2 heterocycles. The van der Waals surface area contributed by atoms with Crippen LogP contribution in [0.5, 0.6) is 11.5 Å². The van der Waals surface area contributed by atoms with Crippen LogP contribution < -0.4 is 20.1 Å². The van der Waals surface area contributed by atoms with Gasteiger partial charge in [0.1, 0.15) is 6.61 Å². The number of fused-ring (bicyclic) bond motifs is 2. The van der Waals surface area contributed by atoms with Gasteiger partial charge in [-0.2, -0.15) is 0 Å². The summed E-state index contributed by atoms with van der Waals surface area (Å²) >= 11 is 0. The van der Waals surface area contributed by atoms with Crippen LogP contribution in [0.1, 0.15) is 24.0 Å². The number of benzene rings is 2. The summed E-state index contributed by atoms with van der Waals surface area (Å²) < 4.78 is 11.0. The number of nitrogens with one attached hydrogen (secondary N) is 2. The van der Waals surface area contributed by atoms with Crippen LogP contribution in [0.2, 0.25) is 0 Å². The third kappa shape index (κ3) is 2.83. The molecular weight excluding hydrogens is 386 g/mol. The zero-order chi connectivity index (χ0) is 21.5. The van der Waals surface area contributed by atoms with Crippen molar-refractivity contribution in [1.29, 1.82) is 0 Å². The van der Waals surface area contributed by atoms with Crippen LogP contribution in [-0.2, 0) is 10.3 Å². The minimum absolute atomic E-state index is 0.314. The van der Waals surface area contributed by atoms with E-state index in [0.29, 0.717) is 34.9 Å². The van der Waals surface area contributed by atoms with Crippen LogP contribution in [0, 0.1) is 10.1 Å². The number of carbonyl (C=O) groups is 1. The minimum atomic E-state index is -1.44. The Morgan fingerprint density at radius 2 is 2.03 bits per heavy atom. The number of nitrogens with zero attached hydrogens (tertiary/aromatic N) is 1. The van der Waals surface area contributed by atoms with Crippen molar-refractivity contribution in [1.82, 2.24) is 5.32 Å². The van der Waals surface area contributed by atoms with Crippen LogP contribution in [0.15, 0.2) is 55.1 Å². The molecule has 8 heteroatoms. The van der Waals surface area contributed by atoms with E-state index in [1.165, 1.54) is 7.11 Å². The lowest BCUT2D eigenvalue weighted by Gasteiger charge is -2.25. The van der Waals surface area contributed by atoms with Gasteiger partial charge in [0.05, 0.1) is 13.0 Å². The average Bonchev–Trinajstić information content (AvgIpc) is 3.20. The number of carbonyl (C=O) groups excluding carboxylic acids is 1. The van der Waals surface area contributed by atoms with Crippen molar-refractivity contribution in [3.63, 3.8) is 0 Å². The number of hydrogen-bond acceptors (Lipinski definition) is 6. The molecule has 2 aliphatic rings. The molecule has 0 aromatic heterocycles. The highest BCUT2D eigenvalue weighted by molar-refractivity contribution is 6.07. The van der Waals surface area contributed by atoms with Crippen LogP contribution in [0.4, 0.5) is 5.69 Å². The van der Waals surface area contributed by atoms with E-state index in [4.69, 9.17) is 9.47 Å². The Balaban J connectivity index is 1.81. The predicted octanol–water partition coefficient (Wildman–Crippen LogP) is 2.83. The Morgan fingerprint density at radius 1 is 1.27 bits per heavy atom. The lowest BCUT2D eigenvalue weighted by atomic mass is 9.78. The number of methoxy groups -OCH3 is 1. The van der Waals surface area contributed by atoms with Gasteiger partial charge >= 0.3 is 0 Å². The molecule has 0 aliphatic carbocycles. The fraction of sp³-hybridized carbons (Fsp3) is 0.318. The number of nitro groups is 1. The topological polar surface area (TPSA) is 103 Å². The monoisotopic (exact) mass is 409 g/mol. The van der Waals surface area contributed by atoms with Crippen molar-refractivity contribution in [3.8, 4) is 11.5 Å². The molecule has 8 nitrogen and oxygen atoms in total. The van der Waals surface area contributed by atoms with Crippen molar-refractivity contribution in [2.24, 2.45) is 0 Å². The molecule has 1 fully saturated rings. The maximum absolute atomic E-state index is 13.1. The molecule has 1 saturated heterocycles. The molecule has 0 unspecified atom stereocenters. The molecule has 2 aromatic carbocycles. The second kappa shape index (κ2) is 7.46. The van der Waals surface area contributed by atoms with E-state index in [2.05, 4.69) is 17.2 Å². The first kappa shape index (κ1) is 19.9. The molecule has 4 atom stereocenters. The van der Waals surface area contributed by atoms with E-state index in [1.807, 2.05) is 6.92 Å². The quantitative estimate of drug-likeness (QED) is 0.432. The van der Waals surface area contributed by atoms with Gasteiger partial charge in [-0.15, -0.1) is 0 Å². The highest BCUT2D eigenvalue weighted by Crippen LogP contribution is 2.50. The van der Waals surface area contributed by atoms with Gasteiger partial charge in [0, 0.05) is 22.2 Å². The molecule has 0 bridgehead atoms. The third-order valence-electron chi connectivity index (χ3n) is 5.89. The molecule has 0 saturated carbocycles. The Bertz CT molecular complexity index is 1020. The summed E-state index contributed by atoms with van der Waals surface area (Å²) in [7, 11) is 1.52. The summed E-state index contributed by atoms with van der Waals surface area (Å²) in [5.74, 6) is 0.0360. The van der Waals surface area contributed by atoms with Gasteiger partial charge in [-0.25, -0.2) is 0 Å². The largest absolute Gasteiger partial charge is 0.493 e. The smallest absolute Gasteiger partial charge is 0.256 e. The number of amides is 1. The summed E-state index contributed by atoms with van der Waals surface area (Å²) in [5.41, 5.74) is 0.466. The summed E-state index contributed by atoms with van der Waals surface area (Å²) in [6.45, 7) is 5.80. The van der Waals surface area contributed by atoms with Crippen LogP contribution in [-0.4, -0.2) is 36.6 Å². The number of para-hydroxylation sites is 1. The first-order valence-corrected chi connectivity index (χ1v) is 9.67. The van der Waals surface area contributed by atoms with E-state index in [9.17, 15) is 14.9 Å². The Kier molecular flexibility index (Phi) is 4.95. The van der Waals surface area contributed by atoms with Crippen LogP contribution in [0.3, 0.4) is 0 Å². The molecule has 2 aromatic rings. The molecule has 30 heavy (non-hydrogen) atoms. The second-order valence-corrected chi connectivity index (χ2v) is 7.51. The van der Waals surface area contributed by atoms with Gasteiger partial charge in [0.15, 0.2) is 17.0 Å². The van der Waals surface area contributed by atoms with Gasteiger partial charge in [0.25, 0.3) is 11.9 Å². The van der Waals surface area contributed by atoms with Crippen molar-refractivity contribution >= 4 is 11.6 Å². The van der Waals surface area contributed by atoms with Crippen LogP contribution in [0.25, 0.3) is 0 Å². The van der Waals surface area contributed by atoms with Gasteiger partial charge < -0.3 is 14.8 Å². The second-order valence-electron chi connectivity index (χ2n) is 7.51. The SMILES string of the molecule is C=CCOc1ccc([C@@H]2[C@H](C)N[C@]3(C(=O)Nc4ccccc43)[C@H]2[N+](=O)[O-])cc1OC. The summed E-state index contributed by atoms with van der Waals surface area (Å²) in [6, 6.07) is 10.8. The molecule has 2 aliphatic heterocycles. The maximum Gasteiger partial charge on any atom is 0.256 e. The molecular formula is C22H23N3O5. The van der Waals surface area contributed by atoms with Crippen molar-refractivity contribution in [2.45, 2.75) is 30.5 Å². The van der Waals surface area contributed by atoms with Gasteiger partial charge in [-0.3, -0.25) is 20.2 Å². The van der Waals surface area contributed by atoms with E-state index < -0.39 is 23.4 Å². The normalized spacial score (nSPS) is 26.9. The lowest BCUT2D eigenvalue weighted by molar-refractivity contribution is -0.532. The minimum Gasteiger partial charge on any atom is -0.493 e. The predicted molar refractivity (Wildman–Crippen MR) is 112 cm³/mol. The van der Waals surface area contributed by atoms with Crippen molar-refractivity contribution in [2.75, 3.05) is 19.0 Å². The van der Waals surface area contributed by atoms with E-state index >= 15 is 0 Å². The van der Waals surface area contributed by atoms with Crippen molar-refractivity contribution < 1.29 is 19.2 Å². The Hall–Kier alpha value is -3.39.